The van der Waals surface area contributed by atoms with E-state index in [9.17, 15) is 4.79 Å². The third-order valence-corrected chi connectivity index (χ3v) is 3.59. The molecule has 3 heterocycles. The number of nitrogens with one attached hydrogen (secondary N) is 1. The van der Waals surface area contributed by atoms with Crippen molar-refractivity contribution in [3.05, 3.63) is 72.4 Å². The molecule has 0 aliphatic rings. The Morgan fingerprint density at radius 3 is 2.75 bits per heavy atom. The number of carbonyl (C=O) groups is 1. The number of aromatic nitrogens is 6. The summed E-state index contributed by atoms with van der Waals surface area (Å²) < 4.78 is 3.45. The zero-order valence-corrected chi connectivity index (χ0v) is 12.6. The summed E-state index contributed by atoms with van der Waals surface area (Å²) in [4.78, 5) is 16.7. The Morgan fingerprint density at radius 1 is 1.12 bits per heavy atom. The number of hydrogen-bond acceptors (Lipinski definition) is 5. The van der Waals surface area contributed by atoms with Crippen LogP contribution in [0, 0.1) is 0 Å². The van der Waals surface area contributed by atoms with Crippen LogP contribution in [0.5, 0.6) is 0 Å². The molecule has 8 nitrogen and oxygen atoms in total. The first-order valence-electron chi connectivity index (χ1n) is 7.34. The topological polar surface area (TPSA) is 90.0 Å². The number of carbonyl (C=O) groups excluding carboxylic acids is 1. The maximum absolute atomic E-state index is 12.2. The molecule has 0 aliphatic carbocycles. The molecule has 0 radical (unpaired) electrons. The highest BCUT2D eigenvalue weighted by atomic mass is 16.1. The van der Waals surface area contributed by atoms with Crippen molar-refractivity contribution in [2.75, 3.05) is 0 Å². The lowest BCUT2D eigenvalue weighted by atomic mass is 10.2. The average Bonchev–Trinajstić information content (AvgIpc) is 3.29. The monoisotopic (exact) mass is 319 g/mol. The molecule has 24 heavy (non-hydrogen) atoms. The van der Waals surface area contributed by atoms with Gasteiger partial charge in [-0.15, -0.1) is 5.10 Å². The van der Waals surface area contributed by atoms with Crippen LogP contribution in [0.4, 0.5) is 0 Å². The van der Waals surface area contributed by atoms with E-state index in [0.717, 1.165) is 17.0 Å². The second kappa shape index (κ2) is 5.92. The fourth-order valence-electron chi connectivity index (χ4n) is 2.39. The molecule has 0 saturated carbocycles. The van der Waals surface area contributed by atoms with Gasteiger partial charge in [0.25, 0.3) is 5.91 Å². The molecule has 4 rings (SSSR count). The van der Waals surface area contributed by atoms with Crippen LogP contribution in [0.25, 0.3) is 11.3 Å². The van der Waals surface area contributed by atoms with Crippen molar-refractivity contribution in [3.63, 3.8) is 0 Å². The Morgan fingerprint density at radius 2 is 2.00 bits per heavy atom. The zero-order chi connectivity index (χ0) is 16.4. The minimum absolute atomic E-state index is 0.157. The number of nitrogens with zero attached hydrogens (tertiary/aromatic N) is 6. The molecule has 0 bridgehead atoms. The van der Waals surface area contributed by atoms with Crippen LogP contribution in [0.3, 0.4) is 0 Å². The zero-order valence-electron chi connectivity index (χ0n) is 12.6. The second-order valence-corrected chi connectivity index (χ2v) is 5.18. The molecule has 0 atom stereocenters. The van der Waals surface area contributed by atoms with Crippen LogP contribution < -0.4 is 5.32 Å². The van der Waals surface area contributed by atoms with E-state index in [1.165, 1.54) is 11.0 Å². The van der Waals surface area contributed by atoms with Crippen molar-refractivity contribution < 1.29 is 4.79 Å². The summed E-state index contributed by atoms with van der Waals surface area (Å²) in [7, 11) is 0. The highest BCUT2D eigenvalue weighted by Gasteiger charge is 2.08. The maximum Gasteiger partial charge on any atom is 0.251 e. The standard InChI is InChI=1S/C16H13N7O/c24-16(12-4-6-14(7-5-12)23-11-18-20-21-23)17-9-13-10-22-8-2-1-3-15(22)19-13/h1-8,10-11H,9H2,(H,17,24). The molecule has 118 valence electrons. The van der Waals surface area contributed by atoms with Gasteiger partial charge in [-0.1, -0.05) is 6.07 Å². The Balaban J connectivity index is 1.44. The van der Waals surface area contributed by atoms with Gasteiger partial charge in [-0.3, -0.25) is 4.79 Å². The minimum Gasteiger partial charge on any atom is -0.346 e. The summed E-state index contributed by atoms with van der Waals surface area (Å²) in [5.74, 6) is -0.157. The van der Waals surface area contributed by atoms with Crippen LogP contribution >= 0.6 is 0 Å². The van der Waals surface area contributed by atoms with Crippen molar-refractivity contribution in [1.82, 2.24) is 34.9 Å². The average molecular weight is 319 g/mol. The number of benzene rings is 1. The molecule has 0 fully saturated rings. The van der Waals surface area contributed by atoms with E-state index >= 15 is 0 Å². The third kappa shape index (κ3) is 2.72. The van der Waals surface area contributed by atoms with Crippen LogP contribution in [-0.4, -0.2) is 35.5 Å². The summed E-state index contributed by atoms with van der Waals surface area (Å²) in [6, 6.07) is 12.8. The van der Waals surface area contributed by atoms with Gasteiger partial charge in [-0.2, -0.15) is 0 Å². The van der Waals surface area contributed by atoms with Gasteiger partial charge < -0.3 is 9.72 Å². The summed E-state index contributed by atoms with van der Waals surface area (Å²) >= 11 is 0. The molecule has 0 saturated heterocycles. The quantitative estimate of drug-likeness (QED) is 0.611. The van der Waals surface area contributed by atoms with Gasteiger partial charge in [0, 0.05) is 18.0 Å². The van der Waals surface area contributed by atoms with E-state index in [0.29, 0.717) is 12.1 Å². The van der Waals surface area contributed by atoms with E-state index in [1.54, 1.807) is 24.3 Å². The lowest BCUT2D eigenvalue weighted by Gasteiger charge is -2.04. The maximum atomic E-state index is 12.2. The predicted molar refractivity (Wildman–Crippen MR) is 85.5 cm³/mol. The van der Waals surface area contributed by atoms with Crippen LogP contribution in [0.2, 0.25) is 0 Å². The van der Waals surface area contributed by atoms with E-state index in [-0.39, 0.29) is 5.91 Å². The Hall–Kier alpha value is -3.55. The number of hydrogen-bond donors (Lipinski definition) is 1. The highest BCUT2D eigenvalue weighted by molar-refractivity contribution is 5.94. The first-order valence-corrected chi connectivity index (χ1v) is 7.34. The van der Waals surface area contributed by atoms with Crippen molar-refractivity contribution >= 4 is 11.6 Å². The molecule has 1 aromatic carbocycles. The number of amides is 1. The van der Waals surface area contributed by atoms with Crippen LogP contribution in [0.1, 0.15) is 16.1 Å². The first-order chi connectivity index (χ1) is 11.8. The Kier molecular flexibility index (Phi) is 3.47. The van der Waals surface area contributed by atoms with Crippen molar-refractivity contribution in [2.45, 2.75) is 6.54 Å². The highest BCUT2D eigenvalue weighted by Crippen LogP contribution is 2.08. The summed E-state index contributed by atoms with van der Waals surface area (Å²) in [6.45, 7) is 0.370. The van der Waals surface area contributed by atoms with Crippen molar-refractivity contribution in [3.8, 4) is 5.69 Å². The smallest absolute Gasteiger partial charge is 0.251 e. The predicted octanol–water partition coefficient (Wildman–Crippen LogP) is 1.24. The largest absolute Gasteiger partial charge is 0.346 e. The third-order valence-electron chi connectivity index (χ3n) is 3.59. The molecule has 0 aliphatic heterocycles. The molecule has 0 spiro atoms. The molecule has 1 amide bonds. The lowest BCUT2D eigenvalue weighted by molar-refractivity contribution is 0.0950. The fraction of sp³-hybridized carbons (Fsp3) is 0.0625. The lowest BCUT2D eigenvalue weighted by Crippen LogP contribution is -2.22. The van der Waals surface area contributed by atoms with Crippen LogP contribution in [-0.2, 0) is 6.54 Å². The second-order valence-electron chi connectivity index (χ2n) is 5.18. The number of pyridine rings is 1. The van der Waals surface area contributed by atoms with E-state index in [2.05, 4.69) is 25.8 Å². The SMILES string of the molecule is O=C(NCc1cn2ccccc2n1)c1ccc(-n2cnnn2)cc1. The normalized spacial score (nSPS) is 10.8. The molecule has 1 N–H and O–H groups in total. The molecule has 4 aromatic rings. The van der Waals surface area contributed by atoms with Gasteiger partial charge in [0.15, 0.2) is 0 Å². The molecule has 3 aromatic heterocycles. The molecule has 8 heteroatoms. The fourth-order valence-corrected chi connectivity index (χ4v) is 2.39. The number of tetrazole rings is 1. The number of imidazole rings is 1. The number of rotatable bonds is 4. The van der Waals surface area contributed by atoms with E-state index < -0.39 is 0 Å². The van der Waals surface area contributed by atoms with Gasteiger partial charge in [0.2, 0.25) is 0 Å². The van der Waals surface area contributed by atoms with Gasteiger partial charge in [-0.25, -0.2) is 9.67 Å². The first kappa shape index (κ1) is 14.1. The van der Waals surface area contributed by atoms with E-state index in [4.69, 9.17) is 0 Å². The van der Waals surface area contributed by atoms with Crippen molar-refractivity contribution in [2.24, 2.45) is 0 Å². The van der Waals surface area contributed by atoms with Gasteiger partial charge >= 0.3 is 0 Å². The van der Waals surface area contributed by atoms with Gasteiger partial charge in [0.1, 0.15) is 12.0 Å². The minimum atomic E-state index is -0.157. The van der Waals surface area contributed by atoms with E-state index in [1.807, 2.05) is 35.0 Å². The number of fused-ring (bicyclic) bond motifs is 1. The Labute approximate surface area is 136 Å². The van der Waals surface area contributed by atoms with Gasteiger partial charge in [0.05, 0.1) is 17.9 Å². The molecular weight excluding hydrogens is 306 g/mol. The Bertz CT molecular complexity index is 940. The molecule has 0 unspecified atom stereocenters. The van der Waals surface area contributed by atoms with Crippen LogP contribution in [0.15, 0.2) is 61.2 Å². The summed E-state index contributed by atoms with van der Waals surface area (Å²) in [6.07, 6.45) is 5.32. The van der Waals surface area contributed by atoms with Gasteiger partial charge in [-0.05, 0) is 46.8 Å². The summed E-state index contributed by atoms with van der Waals surface area (Å²) in [5, 5.41) is 13.8. The summed E-state index contributed by atoms with van der Waals surface area (Å²) in [5.41, 5.74) is 3.01. The van der Waals surface area contributed by atoms with Crippen molar-refractivity contribution in [1.29, 1.82) is 0 Å². The molecular formula is C16H13N7O.